The highest BCUT2D eigenvalue weighted by molar-refractivity contribution is 5.80. The van der Waals surface area contributed by atoms with E-state index in [0.29, 0.717) is 0 Å². The van der Waals surface area contributed by atoms with Gasteiger partial charge in [0.15, 0.2) is 0 Å². The van der Waals surface area contributed by atoms with Gasteiger partial charge in [0.1, 0.15) is 0 Å². The lowest BCUT2D eigenvalue weighted by Gasteiger charge is -2.14. The fourth-order valence-electron chi connectivity index (χ4n) is 2.46. The van der Waals surface area contributed by atoms with E-state index in [1.807, 2.05) is 6.07 Å². The quantitative estimate of drug-likeness (QED) is 0.710. The summed E-state index contributed by atoms with van der Waals surface area (Å²) in [5, 5.41) is 0. The van der Waals surface area contributed by atoms with Gasteiger partial charge in [-0.1, -0.05) is 69.0 Å². The maximum absolute atomic E-state index is 4.28. The van der Waals surface area contributed by atoms with Gasteiger partial charge in [-0.05, 0) is 40.7 Å². The summed E-state index contributed by atoms with van der Waals surface area (Å²) in [6, 6.07) is 17.0. The van der Waals surface area contributed by atoms with Gasteiger partial charge >= 0.3 is 0 Å². The van der Waals surface area contributed by atoms with Crippen molar-refractivity contribution in [1.29, 1.82) is 0 Å². The molecule has 2 rings (SSSR count). The molecule has 0 aliphatic rings. The highest BCUT2D eigenvalue weighted by Crippen LogP contribution is 2.27. The molecule has 0 radical (unpaired) electrons. The fraction of sp³-hybridized carbons (Fsp3) is 0.222. The lowest BCUT2D eigenvalue weighted by molar-refractivity contribution is 1.03. The van der Waals surface area contributed by atoms with E-state index in [4.69, 9.17) is 0 Å². The summed E-state index contributed by atoms with van der Waals surface area (Å²) < 4.78 is 0. The molecular weight excluding hydrogens is 216 g/mol. The van der Waals surface area contributed by atoms with Gasteiger partial charge in [-0.2, -0.15) is 0 Å². The van der Waals surface area contributed by atoms with E-state index in [1.165, 1.54) is 22.3 Å². The summed E-state index contributed by atoms with van der Waals surface area (Å²) >= 11 is 0. The molecule has 0 aliphatic heterocycles. The average Bonchev–Trinajstić information content (AvgIpc) is 2.46. The first-order valence-corrected chi connectivity index (χ1v) is 6.63. The molecule has 2 aromatic carbocycles. The standard InChI is InChI=1S/C18H20/c1-4-15-12-9-13-18(17(15)5-2)14(3)16-10-7-6-8-11-16/h6-13H,3-5H2,1-2H3. The Morgan fingerprint density at radius 1 is 0.889 bits per heavy atom. The van der Waals surface area contributed by atoms with Crippen molar-refractivity contribution in [3.8, 4) is 0 Å². The molecule has 18 heavy (non-hydrogen) atoms. The Kier molecular flexibility index (Phi) is 3.99. The third kappa shape index (κ3) is 2.38. The van der Waals surface area contributed by atoms with Gasteiger partial charge in [-0.15, -0.1) is 0 Å². The van der Waals surface area contributed by atoms with Gasteiger partial charge in [0.2, 0.25) is 0 Å². The number of aryl methyl sites for hydroxylation is 1. The predicted molar refractivity (Wildman–Crippen MR) is 79.8 cm³/mol. The second-order valence-corrected chi connectivity index (χ2v) is 4.49. The Morgan fingerprint density at radius 2 is 1.61 bits per heavy atom. The molecule has 0 aromatic heterocycles. The van der Waals surface area contributed by atoms with E-state index in [0.717, 1.165) is 18.4 Å². The van der Waals surface area contributed by atoms with Crippen LogP contribution in [-0.2, 0) is 12.8 Å². The van der Waals surface area contributed by atoms with Gasteiger partial charge in [0, 0.05) is 0 Å². The summed E-state index contributed by atoms with van der Waals surface area (Å²) in [5.74, 6) is 0. The molecule has 0 saturated carbocycles. The van der Waals surface area contributed by atoms with E-state index in [2.05, 4.69) is 62.9 Å². The minimum absolute atomic E-state index is 1.06. The van der Waals surface area contributed by atoms with Crippen molar-refractivity contribution in [3.05, 3.63) is 77.4 Å². The van der Waals surface area contributed by atoms with Crippen molar-refractivity contribution < 1.29 is 0 Å². The molecule has 0 spiro atoms. The lowest BCUT2D eigenvalue weighted by Crippen LogP contribution is -1.98. The van der Waals surface area contributed by atoms with Crippen LogP contribution in [0.25, 0.3) is 5.57 Å². The third-order valence-electron chi connectivity index (χ3n) is 3.45. The minimum Gasteiger partial charge on any atom is -0.0905 e. The molecule has 0 heterocycles. The van der Waals surface area contributed by atoms with Crippen LogP contribution in [0.4, 0.5) is 0 Å². The second kappa shape index (κ2) is 5.68. The monoisotopic (exact) mass is 236 g/mol. The van der Waals surface area contributed by atoms with Crippen LogP contribution in [0, 0.1) is 0 Å². The van der Waals surface area contributed by atoms with Crippen molar-refractivity contribution >= 4 is 5.57 Å². The number of rotatable bonds is 4. The molecule has 0 aliphatic carbocycles. The number of hydrogen-bond acceptors (Lipinski definition) is 0. The van der Waals surface area contributed by atoms with E-state index in [1.54, 1.807) is 0 Å². The van der Waals surface area contributed by atoms with Crippen LogP contribution in [0.15, 0.2) is 55.1 Å². The van der Waals surface area contributed by atoms with Crippen LogP contribution >= 0.6 is 0 Å². The molecule has 92 valence electrons. The highest BCUT2D eigenvalue weighted by Gasteiger charge is 2.09. The first-order chi connectivity index (χ1) is 8.77. The number of benzene rings is 2. The summed E-state index contributed by atoms with van der Waals surface area (Å²) in [7, 11) is 0. The third-order valence-corrected chi connectivity index (χ3v) is 3.45. The minimum atomic E-state index is 1.06. The molecule has 0 heteroatoms. The molecule has 0 amide bonds. The van der Waals surface area contributed by atoms with Gasteiger partial charge in [-0.3, -0.25) is 0 Å². The van der Waals surface area contributed by atoms with Gasteiger partial charge < -0.3 is 0 Å². The molecule has 0 nitrogen and oxygen atoms in total. The van der Waals surface area contributed by atoms with Crippen molar-refractivity contribution in [3.63, 3.8) is 0 Å². The van der Waals surface area contributed by atoms with Crippen molar-refractivity contribution in [2.45, 2.75) is 26.7 Å². The SMILES string of the molecule is C=C(c1ccccc1)c1cccc(CC)c1CC. The van der Waals surface area contributed by atoms with E-state index >= 15 is 0 Å². The zero-order valence-corrected chi connectivity index (χ0v) is 11.2. The number of hydrogen-bond donors (Lipinski definition) is 0. The Morgan fingerprint density at radius 3 is 2.22 bits per heavy atom. The average molecular weight is 236 g/mol. The summed E-state index contributed by atoms with van der Waals surface area (Å²) in [6.07, 6.45) is 2.14. The lowest BCUT2D eigenvalue weighted by atomic mass is 9.90. The fourth-order valence-corrected chi connectivity index (χ4v) is 2.46. The van der Waals surface area contributed by atoms with E-state index < -0.39 is 0 Å². The predicted octanol–water partition coefficient (Wildman–Crippen LogP) is 4.87. The largest absolute Gasteiger partial charge is 0.0905 e. The molecular formula is C18H20. The van der Waals surface area contributed by atoms with Crippen molar-refractivity contribution in [2.75, 3.05) is 0 Å². The van der Waals surface area contributed by atoms with Crippen molar-refractivity contribution in [2.24, 2.45) is 0 Å². The van der Waals surface area contributed by atoms with E-state index in [9.17, 15) is 0 Å². The van der Waals surface area contributed by atoms with Crippen molar-refractivity contribution in [1.82, 2.24) is 0 Å². The van der Waals surface area contributed by atoms with Gasteiger partial charge in [0.05, 0.1) is 0 Å². The smallest absolute Gasteiger partial charge is 0.0149 e. The van der Waals surface area contributed by atoms with Crippen LogP contribution in [-0.4, -0.2) is 0 Å². The zero-order valence-electron chi connectivity index (χ0n) is 11.2. The first kappa shape index (κ1) is 12.6. The molecule has 0 N–H and O–H groups in total. The Balaban J connectivity index is 2.48. The molecule has 0 saturated heterocycles. The topological polar surface area (TPSA) is 0 Å². The Hall–Kier alpha value is -1.82. The van der Waals surface area contributed by atoms with Crippen LogP contribution in [0.2, 0.25) is 0 Å². The normalized spacial score (nSPS) is 10.3. The second-order valence-electron chi connectivity index (χ2n) is 4.49. The Labute approximate surface area is 110 Å². The Bertz CT molecular complexity index is 535. The summed E-state index contributed by atoms with van der Waals surface area (Å²) in [6.45, 7) is 8.71. The first-order valence-electron chi connectivity index (χ1n) is 6.63. The highest BCUT2D eigenvalue weighted by atomic mass is 14.1. The zero-order chi connectivity index (χ0) is 13.0. The van der Waals surface area contributed by atoms with Gasteiger partial charge in [0.25, 0.3) is 0 Å². The molecule has 0 atom stereocenters. The molecule has 0 bridgehead atoms. The van der Waals surface area contributed by atoms with Crippen LogP contribution in [0.1, 0.15) is 36.1 Å². The maximum Gasteiger partial charge on any atom is -0.0149 e. The van der Waals surface area contributed by atoms with Gasteiger partial charge in [-0.25, -0.2) is 0 Å². The van der Waals surface area contributed by atoms with E-state index in [-0.39, 0.29) is 0 Å². The summed E-state index contributed by atoms with van der Waals surface area (Å²) in [5.41, 5.74) is 6.51. The van der Waals surface area contributed by atoms with Crippen LogP contribution < -0.4 is 0 Å². The van der Waals surface area contributed by atoms with Crippen LogP contribution in [0.5, 0.6) is 0 Å². The molecule has 0 unspecified atom stereocenters. The molecule has 0 fully saturated rings. The summed E-state index contributed by atoms with van der Waals surface area (Å²) in [4.78, 5) is 0. The van der Waals surface area contributed by atoms with Crippen LogP contribution in [0.3, 0.4) is 0 Å². The molecule has 2 aromatic rings. The maximum atomic E-state index is 4.28.